The summed E-state index contributed by atoms with van der Waals surface area (Å²) >= 11 is 0. The SMILES string of the molecule is CCCCOc1nc(N)c2c(n1)N(Cc1ccc3c(c1)CCN(CC1CC1)C3)CC(=O)N2. The van der Waals surface area contributed by atoms with E-state index in [2.05, 4.69) is 45.3 Å². The van der Waals surface area contributed by atoms with E-state index in [4.69, 9.17) is 10.5 Å². The zero-order chi connectivity index (χ0) is 22.1. The molecule has 1 fully saturated rings. The highest BCUT2D eigenvalue weighted by atomic mass is 16.5. The number of carbonyl (C=O) groups is 1. The number of aromatic nitrogens is 2. The number of nitrogens with zero attached hydrogens (tertiary/aromatic N) is 4. The van der Waals surface area contributed by atoms with Crippen molar-refractivity contribution in [2.75, 3.05) is 42.2 Å². The van der Waals surface area contributed by atoms with E-state index >= 15 is 0 Å². The molecule has 3 heterocycles. The lowest BCUT2D eigenvalue weighted by Crippen LogP contribution is -2.39. The van der Waals surface area contributed by atoms with E-state index in [1.54, 1.807) is 0 Å². The highest BCUT2D eigenvalue weighted by Gasteiger charge is 2.29. The van der Waals surface area contributed by atoms with Crippen molar-refractivity contribution in [3.05, 3.63) is 34.9 Å². The minimum Gasteiger partial charge on any atom is -0.463 e. The van der Waals surface area contributed by atoms with Gasteiger partial charge in [-0.25, -0.2) is 0 Å². The molecule has 0 radical (unpaired) electrons. The molecule has 1 aromatic heterocycles. The molecule has 170 valence electrons. The Morgan fingerprint density at radius 2 is 2.09 bits per heavy atom. The Labute approximate surface area is 189 Å². The summed E-state index contributed by atoms with van der Waals surface area (Å²) in [5, 5.41) is 2.82. The van der Waals surface area contributed by atoms with Gasteiger partial charge in [0.2, 0.25) is 5.91 Å². The normalized spacial score (nSPS) is 18.2. The molecule has 5 rings (SSSR count). The lowest BCUT2D eigenvalue weighted by molar-refractivity contribution is -0.115. The number of nitrogens with two attached hydrogens (primary N) is 1. The van der Waals surface area contributed by atoms with E-state index < -0.39 is 0 Å². The number of benzene rings is 1. The van der Waals surface area contributed by atoms with Crippen molar-refractivity contribution in [3.63, 3.8) is 0 Å². The number of nitrogen functional groups attached to an aromatic ring is 1. The van der Waals surface area contributed by atoms with Gasteiger partial charge in [-0.3, -0.25) is 9.69 Å². The van der Waals surface area contributed by atoms with Crippen LogP contribution in [-0.2, 0) is 24.3 Å². The van der Waals surface area contributed by atoms with Crippen LogP contribution in [0, 0.1) is 5.92 Å². The molecule has 1 aliphatic carbocycles. The molecular formula is C24H32N6O2. The maximum absolute atomic E-state index is 12.3. The van der Waals surface area contributed by atoms with Gasteiger partial charge >= 0.3 is 6.01 Å². The van der Waals surface area contributed by atoms with Crippen LogP contribution in [0.4, 0.5) is 17.3 Å². The smallest absolute Gasteiger partial charge is 0.320 e. The van der Waals surface area contributed by atoms with E-state index in [9.17, 15) is 4.79 Å². The summed E-state index contributed by atoms with van der Waals surface area (Å²) in [4.78, 5) is 25.7. The molecule has 1 saturated carbocycles. The minimum absolute atomic E-state index is 0.110. The van der Waals surface area contributed by atoms with Crippen LogP contribution in [0.1, 0.15) is 49.3 Å². The number of fused-ring (bicyclic) bond motifs is 2. The van der Waals surface area contributed by atoms with Crippen molar-refractivity contribution in [2.45, 2.75) is 52.1 Å². The van der Waals surface area contributed by atoms with Gasteiger partial charge in [0.1, 0.15) is 5.69 Å². The monoisotopic (exact) mass is 436 g/mol. The minimum atomic E-state index is -0.110. The topological polar surface area (TPSA) is 96.6 Å². The molecule has 8 nitrogen and oxygen atoms in total. The highest BCUT2D eigenvalue weighted by molar-refractivity contribution is 6.03. The average Bonchev–Trinajstić information content (AvgIpc) is 3.59. The first kappa shape index (κ1) is 21.0. The van der Waals surface area contributed by atoms with Crippen molar-refractivity contribution >= 4 is 23.2 Å². The number of ether oxygens (including phenoxy) is 1. The van der Waals surface area contributed by atoms with Crippen LogP contribution in [0.25, 0.3) is 0 Å². The molecule has 0 atom stereocenters. The van der Waals surface area contributed by atoms with Crippen molar-refractivity contribution in [1.82, 2.24) is 14.9 Å². The Hall–Kier alpha value is -2.87. The van der Waals surface area contributed by atoms with Crippen molar-refractivity contribution in [2.24, 2.45) is 5.92 Å². The first-order valence-electron chi connectivity index (χ1n) is 11.8. The van der Waals surface area contributed by atoms with Crippen LogP contribution in [-0.4, -0.2) is 47.0 Å². The van der Waals surface area contributed by atoms with Crippen molar-refractivity contribution in [3.8, 4) is 6.01 Å². The molecule has 3 N–H and O–H groups in total. The quantitative estimate of drug-likeness (QED) is 0.614. The van der Waals surface area contributed by atoms with E-state index in [0.29, 0.717) is 24.7 Å². The number of hydrogen-bond acceptors (Lipinski definition) is 7. The van der Waals surface area contributed by atoms with Gasteiger partial charge in [-0.05, 0) is 48.3 Å². The van der Waals surface area contributed by atoms with Gasteiger partial charge in [-0.1, -0.05) is 31.5 Å². The second-order valence-electron chi connectivity index (χ2n) is 9.23. The second kappa shape index (κ2) is 8.94. The predicted octanol–water partition coefficient (Wildman–Crippen LogP) is 2.96. The first-order chi connectivity index (χ1) is 15.6. The van der Waals surface area contributed by atoms with Crippen LogP contribution in [0.3, 0.4) is 0 Å². The van der Waals surface area contributed by atoms with Crippen LogP contribution < -0.4 is 20.7 Å². The van der Waals surface area contributed by atoms with Gasteiger partial charge in [0, 0.05) is 26.2 Å². The molecule has 1 amide bonds. The van der Waals surface area contributed by atoms with Crippen LogP contribution in [0.15, 0.2) is 18.2 Å². The van der Waals surface area contributed by atoms with Gasteiger partial charge in [0.25, 0.3) is 0 Å². The molecule has 0 unspecified atom stereocenters. The summed E-state index contributed by atoms with van der Waals surface area (Å²) in [6.45, 7) is 6.88. The molecule has 8 heteroatoms. The average molecular weight is 437 g/mol. The van der Waals surface area contributed by atoms with Gasteiger partial charge in [-0.2, -0.15) is 9.97 Å². The molecule has 2 aromatic rings. The molecule has 0 bridgehead atoms. The molecule has 0 saturated heterocycles. The lowest BCUT2D eigenvalue weighted by atomic mass is 9.97. The Bertz CT molecular complexity index is 1010. The number of nitrogens with one attached hydrogen (secondary N) is 1. The summed E-state index contributed by atoms with van der Waals surface area (Å²) in [7, 11) is 0. The fraction of sp³-hybridized carbons (Fsp3) is 0.542. The van der Waals surface area contributed by atoms with Crippen LogP contribution in [0.2, 0.25) is 0 Å². The highest BCUT2D eigenvalue weighted by Crippen LogP contribution is 2.35. The molecule has 3 aliphatic rings. The summed E-state index contributed by atoms with van der Waals surface area (Å²) in [5.74, 6) is 1.67. The van der Waals surface area contributed by atoms with E-state index in [1.165, 1.54) is 36.1 Å². The first-order valence-corrected chi connectivity index (χ1v) is 11.8. The Morgan fingerprint density at radius 3 is 2.91 bits per heavy atom. The predicted molar refractivity (Wildman–Crippen MR) is 125 cm³/mol. The number of rotatable bonds is 8. The largest absolute Gasteiger partial charge is 0.463 e. The molecule has 1 aromatic carbocycles. The lowest BCUT2D eigenvalue weighted by Gasteiger charge is -2.31. The fourth-order valence-electron chi connectivity index (χ4n) is 4.53. The number of unbranched alkanes of at least 4 members (excludes halogenated alkanes) is 1. The molecule has 2 aliphatic heterocycles. The van der Waals surface area contributed by atoms with Gasteiger partial charge in [-0.15, -0.1) is 0 Å². The third kappa shape index (κ3) is 4.65. The van der Waals surface area contributed by atoms with E-state index in [-0.39, 0.29) is 24.3 Å². The van der Waals surface area contributed by atoms with Gasteiger partial charge in [0.05, 0.1) is 13.2 Å². The standard InChI is InChI=1S/C24H32N6O2/c1-2-3-10-32-24-27-22(25)21-23(28-24)30(15-20(31)26-21)13-17-6-7-19-14-29(12-16-4-5-16)9-8-18(19)11-17/h6-7,11,16H,2-5,8-10,12-15H2,1H3,(H,26,31)(H2,25,27,28). The molecule has 32 heavy (non-hydrogen) atoms. The Balaban J connectivity index is 1.34. The maximum Gasteiger partial charge on any atom is 0.320 e. The van der Waals surface area contributed by atoms with Gasteiger partial charge in [0.15, 0.2) is 11.6 Å². The van der Waals surface area contributed by atoms with E-state index in [1.807, 2.05) is 4.90 Å². The number of hydrogen-bond donors (Lipinski definition) is 2. The summed E-state index contributed by atoms with van der Waals surface area (Å²) in [5.41, 5.74) is 10.6. The van der Waals surface area contributed by atoms with Gasteiger partial charge < -0.3 is 20.7 Å². The third-order valence-electron chi connectivity index (χ3n) is 6.47. The van der Waals surface area contributed by atoms with Crippen LogP contribution in [0.5, 0.6) is 6.01 Å². The summed E-state index contributed by atoms with van der Waals surface area (Å²) in [6.07, 6.45) is 5.82. The van der Waals surface area contributed by atoms with Crippen LogP contribution >= 0.6 is 0 Å². The second-order valence-corrected chi connectivity index (χ2v) is 9.23. The maximum atomic E-state index is 12.3. The number of carbonyl (C=O) groups excluding carboxylic acids is 1. The van der Waals surface area contributed by atoms with E-state index in [0.717, 1.165) is 38.3 Å². The third-order valence-corrected chi connectivity index (χ3v) is 6.47. The number of anilines is 3. The molecular weight excluding hydrogens is 404 g/mol. The zero-order valence-corrected chi connectivity index (χ0v) is 18.8. The number of amides is 1. The van der Waals surface area contributed by atoms with Crippen molar-refractivity contribution in [1.29, 1.82) is 0 Å². The Kier molecular flexibility index (Phi) is 5.87. The fourth-order valence-corrected chi connectivity index (χ4v) is 4.53. The summed E-state index contributed by atoms with van der Waals surface area (Å²) < 4.78 is 5.69. The Morgan fingerprint density at radius 1 is 1.22 bits per heavy atom. The zero-order valence-electron chi connectivity index (χ0n) is 18.8. The van der Waals surface area contributed by atoms with Crippen molar-refractivity contribution < 1.29 is 9.53 Å². The molecule has 0 spiro atoms. The summed E-state index contributed by atoms with van der Waals surface area (Å²) in [6, 6.07) is 6.98.